The van der Waals surface area contributed by atoms with E-state index >= 15 is 0 Å². The maximum atomic E-state index is 2.49. The minimum absolute atomic E-state index is 0.877. The smallest absolute Gasteiger partial charge is 0.0108 e. The van der Waals surface area contributed by atoms with Crippen LogP contribution in [0.15, 0.2) is 35.2 Å². The highest BCUT2D eigenvalue weighted by Crippen LogP contribution is 2.18. The molecule has 0 radical (unpaired) electrons. The molecule has 1 atom stereocenters. The molecule has 0 spiro atoms. The van der Waals surface area contributed by atoms with E-state index in [0.29, 0.717) is 0 Å². The summed E-state index contributed by atoms with van der Waals surface area (Å²) in [6.45, 7) is 4.98. The van der Waals surface area contributed by atoms with Crippen LogP contribution >= 0.6 is 11.8 Å². The Morgan fingerprint density at radius 2 is 2.11 bits per heavy atom. The van der Waals surface area contributed by atoms with Crippen LogP contribution in [0.25, 0.3) is 0 Å². The van der Waals surface area contributed by atoms with Gasteiger partial charge in [-0.1, -0.05) is 18.2 Å². The van der Waals surface area contributed by atoms with Gasteiger partial charge in [0.05, 0.1) is 0 Å². The molecule has 0 N–H and O–H groups in total. The average molecular weight is 264 g/mol. The highest BCUT2D eigenvalue weighted by molar-refractivity contribution is 7.99. The van der Waals surface area contributed by atoms with Gasteiger partial charge in [0.25, 0.3) is 0 Å². The zero-order valence-electron chi connectivity index (χ0n) is 11.5. The Morgan fingerprint density at radius 3 is 2.78 bits per heavy atom. The maximum Gasteiger partial charge on any atom is 0.0108 e. The number of likely N-dealkylation sites (tertiary alicyclic amines) is 1. The molecule has 2 rings (SSSR count). The van der Waals surface area contributed by atoms with Crippen molar-refractivity contribution >= 4 is 11.8 Å². The molecule has 0 aliphatic carbocycles. The summed E-state index contributed by atoms with van der Waals surface area (Å²) in [6, 6.07) is 10.7. The number of thioether (sulfide) groups is 1. The maximum absolute atomic E-state index is 2.49. The van der Waals surface area contributed by atoms with Gasteiger partial charge >= 0.3 is 0 Å². The fraction of sp³-hybridized carbons (Fsp3) is 0.600. The van der Waals surface area contributed by atoms with Gasteiger partial charge in [0.1, 0.15) is 0 Å². The van der Waals surface area contributed by atoms with E-state index in [9.17, 15) is 0 Å². The minimum atomic E-state index is 0.877. The molecular weight excluding hydrogens is 240 g/mol. The topological polar surface area (TPSA) is 6.48 Å². The first kappa shape index (κ1) is 13.9. The molecule has 3 heteroatoms. The second-order valence-electron chi connectivity index (χ2n) is 5.34. The van der Waals surface area contributed by atoms with Crippen molar-refractivity contribution in [1.82, 2.24) is 9.80 Å². The van der Waals surface area contributed by atoms with Crippen molar-refractivity contribution in [3.05, 3.63) is 30.3 Å². The molecule has 1 fully saturated rings. The van der Waals surface area contributed by atoms with Gasteiger partial charge in [-0.15, -0.1) is 11.8 Å². The summed E-state index contributed by atoms with van der Waals surface area (Å²) >= 11 is 1.96. The number of nitrogens with zero attached hydrogens (tertiary/aromatic N) is 2. The van der Waals surface area contributed by atoms with E-state index in [4.69, 9.17) is 0 Å². The summed E-state index contributed by atoms with van der Waals surface area (Å²) in [5.41, 5.74) is 0. The molecule has 1 heterocycles. The van der Waals surface area contributed by atoms with Crippen LogP contribution < -0.4 is 0 Å². The molecule has 1 aromatic carbocycles. The third-order valence-electron chi connectivity index (χ3n) is 3.54. The summed E-state index contributed by atoms with van der Waals surface area (Å²) in [4.78, 5) is 6.31. The van der Waals surface area contributed by atoms with Crippen LogP contribution in [-0.4, -0.2) is 55.8 Å². The van der Waals surface area contributed by atoms with Crippen molar-refractivity contribution in [3.8, 4) is 0 Å². The molecule has 100 valence electrons. The number of rotatable bonds is 6. The van der Waals surface area contributed by atoms with Gasteiger partial charge < -0.3 is 9.80 Å². The van der Waals surface area contributed by atoms with Gasteiger partial charge in [-0.25, -0.2) is 0 Å². The quantitative estimate of drug-likeness (QED) is 0.729. The van der Waals surface area contributed by atoms with E-state index in [0.717, 1.165) is 5.92 Å². The molecule has 1 aliphatic rings. The Bertz CT molecular complexity index is 342. The molecule has 0 aromatic heterocycles. The molecule has 0 amide bonds. The molecule has 0 saturated carbocycles. The third kappa shape index (κ3) is 4.63. The Morgan fingerprint density at radius 1 is 1.33 bits per heavy atom. The molecule has 1 saturated heterocycles. The van der Waals surface area contributed by atoms with Gasteiger partial charge in [-0.3, -0.25) is 0 Å². The lowest BCUT2D eigenvalue weighted by molar-refractivity contribution is 0.286. The van der Waals surface area contributed by atoms with Crippen LogP contribution in [0.2, 0.25) is 0 Å². The Balaban J connectivity index is 1.61. The molecule has 0 bridgehead atoms. The molecule has 1 aromatic rings. The second-order valence-corrected chi connectivity index (χ2v) is 6.51. The molecular formula is C15H24N2S. The van der Waals surface area contributed by atoms with E-state index in [-0.39, 0.29) is 0 Å². The van der Waals surface area contributed by atoms with Crippen molar-refractivity contribution in [2.24, 2.45) is 5.92 Å². The highest BCUT2D eigenvalue weighted by Gasteiger charge is 2.20. The lowest BCUT2D eigenvalue weighted by atomic mass is 10.1. The summed E-state index contributed by atoms with van der Waals surface area (Å²) in [5, 5.41) is 0. The zero-order valence-corrected chi connectivity index (χ0v) is 12.3. The van der Waals surface area contributed by atoms with E-state index < -0.39 is 0 Å². The fourth-order valence-corrected chi connectivity index (χ4v) is 3.53. The lowest BCUT2D eigenvalue weighted by Gasteiger charge is -2.20. The summed E-state index contributed by atoms with van der Waals surface area (Å²) in [7, 11) is 4.48. The van der Waals surface area contributed by atoms with E-state index in [1.165, 1.54) is 43.2 Å². The van der Waals surface area contributed by atoms with E-state index in [1.54, 1.807) is 0 Å². The van der Waals surface area contributed by atoms with Crippen LogP contribution in [0, 0.1) is 5.92 Å². The number of hydrogen-bond acceptors (Lipinski definition) is 3. The number of hydrogen-bond donors (Lipinski definition) is 0. The molecule has 1 aliphatic heterocycles. The fourth-order valence-electron chi connectivity index (χ4n) is 2.54. The largest absolute Gasteiger partial charge is 0.306 e. The van der Waals surface area contributed by atoms with Gasteiger partial charge in [0.2, 0.25) is 0 Å². The van der Waals surface area contributed by atoms with Crippen LogP contribution in [-0.2, 0) is 0 Å². The van der Waals surface area contributed by atoms with Crippen molar-refractivity contribution in [2.75, 3.05) is 46.0 Å². The lowest BCUT2D eigenvalue weighted by Crippen LogP contribution is -2.29. The monoisotopic (exact) mass is 264 g/mol. The predicted molar refractivity (Wildman–Crippen MR) is 80.3 cm³/mol. The second kappa shape index (κ2) is 7.17. The first-order chi connectivity index (χ1) is 8.74. The average Bonchev–Trinajstić information content (AvgIpc) is 2.76. The van der Waals surface area contributed by atoms with Crippen LogP contribution in [0.1, 0.15) is 6.42 Å². The summed E-state index contributed by atoms with van der Waals surface area (Å²) < 4.78 is 0. The first-order valence-electron chi connectivity index (χ1n) is 6.79. The molecule has 2 nitrogen and oxygen atoms in total. The van der Waals surface area contributed by atoms with Gasteiger partial charge in [-0.2, -0.15) is 0 Å². The number of benzene rings is 1. The van der Waals surface area contributed by atoms with Gasteiger partial charge in [0, 0.05) is 30.3 Å². The zero-order chi connectivity index (χ0) is 12.8. The minimum Gasteiger partial charge on any atom is -0.306 e. The van der Waals surface area contributed by atoms with Crippen LogP contribution in [0.3, 0.4) is 0 Å². The van der Waals surface area contributed by atoms with Crippen molar-refractivity contribution in [3.63, 3.8) is 0 Å². The van der Waals surface area contributed by atoms with Crippen molar-refractivity contribution in [2.45, 2.75) is 11.3 Å². The molecule has 1 unspecified atom stereocenters. The first-order valence-corrected chi connectivity index (χ1v) is 7.77. The third-order valence-corrected chi connectivity index (χ3v) is 4.54. The summed E-state index contributed by atoms with van der Waals surface area (Å²) in [5.74, 6) is 2.06. The standard InChI is InChI=1S/C15H24N2S/c1-16-9-8-14(12-16)13-17(2)10-11-18-15-6-4-3-5-7-15/h3-7,14H,8-13H2,1-2H3. The Kier molecular flexibility index (Phi) is 5.54. The van der Waals surface area contributed by atoms with Gasteiger partial charge in [0.15, 0.2) is 0 Å². The SMILES string of the molecule is CN(CCSc1ccccc1)CC1CCN(C)C1. The normalized spacial score (nSPS) is 20.7. The van der Waals surface area contributed by atoms with Gasteiger partial charge in [-0.05, 0) is 45.1 Å². The van der Waals surface area contributed by atoms with E-state index in [1.807, 2.05) is 11.8 Å². The van der Waals surface area contributed by atoms with Crippen molar-refractivity contribution in [1.29, 1.82) is 0 Å². The van der Waals surface area contributed by atoms with Crippen LogP contribution in [0.4, 0.5) is 0 Å². The van der Waals surface area contributed by atoms with E-state index in [2.05, 4.69) is 54.2 Å². The highest BCUT2D eigenvalue weighted by atomic mass is 32.2. The predicted octanol–water partition coefficient (Wildman–Crippen LogP) is 2.66. The Labute approximate surface area is 115 Å². The summed E-state index contributed by atoms with van der Waals surface area (Å²) in [6.07, 6.45) is 1.37. The van der Waals surface area contributed by atoms with Crippen molar-refractivity contribution < 1.29 is 0 Å². The Hall–Kier alpha value is -0.510. The molecule has 18 heavy (non-hydrogen) atoms. The van der Waals surface area contributed by atoms with Crippen LogP contribution in [0.5, 0.6) is 0 Å².